The number of pyridine rings is 1. The van der Waals surface area contributed by atoms with Crippen molar-refractivity contribution in [3.05, 3.63) is 73.5 Å². The topological polar surface area (TPSA) is 124 Å². The number of halogens is 1. The van der Waals surface area contributed by atoms with E-state index in [1.54, 1.807) is 18.3 Å². The second-order valence-corrected chi connectivity index (χ2v) is 6.40. The predicted octanol–water partition coefficient (Wildman–Crippen LogP) is 2.91. The van der Waals surface area contributed by atoms with Gasteiger partial charge < -0.3 is 20.8 Å². The summed E-state index contributed by atoms with van der Waals surface area (Å²) >= 11 is 0. The van der Waals surface area contributed by atoms with E-state index < -0.39 is 5.82 Å². The zero-order valence-electron chi connectivity index (χ0n) is 15.4. The van der Waals surface area contributed by atoms with Crippen molar-refractivity contribution in [2.24, 2.45) is 0 Å². The number of nitrogen functional groups attached to an aromatic ring is 1. The maximum Gasteiger partial charge on any atom is 0.231 e. The van der Waals surface area contributed by atoms with Crippen molar-refractivity contribution in [2.45, 2.75) is 0 Å². The summed E-state index contributed by atoms with van der Waals surface area (Å²) in [6.45, 7) is 0. The number of nitrogens with two attached hydrogens (primary N) is 1. The monoisotopic (exact) mass is 402 g/mol. The molecule has 0 saturated heterocycles. The van der Waals surface area contributed by atoms with Crippen LogP contribution in [0.3, 0.4) is 0 Å². The first-order valence-electron chi connectivity index (χ1n) is 8.89. The van der Waals surface area contributed by atoms with Gasteiger partial charge in [-0.1, -0.05) is 0 Å². The Balaban J connectivity index is 1.42. The summed E-state index contributed by atoms with van der Waals surface area (Å²) in [6, 6.07) is 9.74. The highest BCUT2D eigenvalue weighted by Gasteiger charge is 2.08. The van der Waals surface area contributed by atoms with E-state index in [1.165, 1.54) is 29.5 Å². The van der Waals surface area contributed by atoms with Crippen LogP contribution in [0.5, 0.6) is 0 Å². The molecule has 5 rings (SSSR count). The number of nitrogens with zero attached hydrogens (tertiary/aromatic N) is 7. The van der Waals surface area contributed by atoms with Crippen LogP contribution in [0.15, 0.2) is 67.6 Å². The van der Waals surface area contributed by atoms with Crippen molar-refractivity contribution >= 4 is 34.6 Å². The lowest BCUT2D eigenvalue weighted by atomic mass is 10.2. The molecule has 0 unspecified atom stereocenters. The number of imidazole rings is 1. The van der Waals surface area contributed by atoms with Crippen LogP contribution in [0.2, 0.25) is 0 Å². The van der Waals surface area contributed by atoms with Gasteiger partial charge in [-0.25, -0.2) is 19.0 Å². The average Bonchev–Trinajstić information content (AvgIpc) is 3.39. The minimum Gasteiger partial charge on any atom is -0.383 e. The summed E-state index contributed by atoms with van der Waals surface area (Å²) in [6.07, 6.45) is 8.31. The third kappa shape index (κ3) is 3.58. The number of hydrogen-bond acceptors (Lipinski definition) is 8. The van der Waals surface area contributed by atoms with Crippen LogP contribution in [-0.2, 0) is 0 Å². The van der Waals surface area contributed by atoms with Gasteiger partial charge in [0.05, 0.1) is 5.69 Å². The maximum absolute atomic E-state index is 14.1. The lowest BCUT2D eigenvalue weighted by molar-refractivity contribution is 0.626. The van der Waals surface area contributed by atoms with Gasteiger partial charge in [0.2, 0.25) is 5.95 Å². The van der Waals surface area contributed by atoms with E-state index >= 15 is 0 Å². The quantitative estimate of drug-likeness (QED) is 0.410. The molecule has 0 bridgehead atoms. The standard InChI is InChI=1S/C19H15FN10/c20-12-5-14(7-15(6-12)30-11-22-10-24-30)26-19-27-16(21)9-17(28-19)25-13-1-3-29-4-2-23-18(29)8-13/h1-11H,(H4,21,25,26,27,28). The minimum absolute atomic E-state index is 0.217. The van der Waals surface area contributed by atoms with Crippen LogP contribution in [-0.4, -0.2) is 34.1 Å². The fraction of sp³-hybridized carbons (Fsp3) is 0. The molecule has 0 atom stereocenters. The molecule has 11 heteroatoms. The van der Waals surface area contributed by atoms with Gasteiger partial charge in [-0.2, -0.15) is 15.1 Å². The van der Waals surface area contributed by atoms with Crippen LogP contribution in [0.25, 0.3) is 11.3 Å². The lowest BCUT2D eigenvalue weighted by Crippen LogP contribution is -2.05. The van der Waals surface area contributed by atoms with Gasteiger partial charge in [0.25, 0.3) is 0 Å². The third-order valence-electron chi connectivity index (χ3n) is 4.24. The van der Waals surface area contributed by atoms with Crippen LogP contribution in [0.4, 0.5) is 33.3 Å². The summed E-state index contributed by atoms with van der Waals surface area (Å²) < 4.78 is 17.4. The van der Waals surface area contributed by atoms with Crippen molar-refractivity contribution in [3.63, 3.8) is 0 Å². The molecule has 4 N–H and O–H groups in total. The Hall–Kier alpha value is -4.54. The molecule has 0 aliphatic carbocycles. The number of fused-ring (bicyclic) bond motifs is 1. The molecule has 0 aliphatic rings. The summed E-state index contributed by atoms with van der Waals surface area (Å²) in [4.78, 5) is 16.7. The average molecular weight is 402 g/mol. The van der Waals surface area contributed by atoms with E-state index in [4.69, 9.17) is 5.73 Å². The third-order valence-corrected chi connectivity index (χ3v) is 4.24. The number of anilines is 5. The summed E-state index contributed by atoms with van der Waals surface area (Å²) in [5.74, 6) is 0.508. The Morgan fingerprint density at radius 1 is 0.967 bits per heavy atom. The van der Waals surface area contributed by atoms with E-state index in [-0.39, 0.29) is 11.8 Å². The molecule has 0 fully saturated rings. The second-order valence-electron chi connectivity index (χ2n) is 6.40. The number of hydrogen-bond donors (Lipinski definition) is 3. The van der Waals surface area contributed by atoms with Gasteiger partial charge >= 0.3 is 0 Å². The second kappa shape index (κ2) is 7.13. The number of benzene rings is 1. The van der Waals surface area contributed by atoms with Crippen molar-refractivity contribution in [1.29, 1.82) is 0 Å². The molecule has 4 aromatic heterocycles. The molecule has 0 aliphatic heterocycles. The fourth-order valence-corrected chi connectivity index (χ4v) is 2.97. The molecule has 0 spiro atoms. The molecule has 0 amide bonds. The largest absolute Gasteiger partial charge is 0.383 e. The van der Waals surface area contributed by atoms with Crippen LogP contribution in [0, 0.1) is 5.82 Å². The Kier molecular flexibility index (Phi) is 4.17. The van der Waals surface area contributed by atoms with Crippen LogP contribution < -0.4 is 16.4 Å². The normalized spacial score (nSPS) is 11.0. The van der Waals surface area contributed by atoms with Crippen LogP contribution >= 0.6 is 0 Å². The Bertz CT molecular complexity index is 1330. The fourth-order valence-electron chi connectivity index (χ4n) is 2.97. The van der Waals surface area contributed by atoms with Gasteiger partial charge in [0, 0.05) is 42.1 Å². The highest BCUT2D eigenvalue weighted by molar-refractivity contribution is 5.65. The SMILES string of the molecule is Nc1cc(Nc2ccn3ccnc3c2)nc(Nc2cc(F)cc(-n3cncn3)c2)n1. The smallest absolute Gasteiger partial charge is 0.231 e. The molecule has 0 saturated carbocycles. The zero-order valence-corrected chi connectivity index (χ0v) is 15.4. The van der Waals surface area contributed by atoms with E-state index in [9.17, 15) is 4.39 Å². The van der Waals surface area contributed by atoms with Gasteiger partial charge in [0.1, 0.15) is 35.8 Å². The van der Waals surface area contributed by atoms with E-state index in [1.807, 2.05) is 28.9 Å². The van der Waals surface area contributed by atoms with Gasteiger partial charge in [-0.3, -0.25) is 0 Å². The zero-order chi connectivity index (χ0) is 20.5. The van der Waals surface area contributed by atoms with Gasteiger partial charge in [-0.05, 0) is 24.3 Å². The molecule has 148 valence electrons. The number of nitrogens with one attached hydrogen (secondary N) is 2. The number of aromatic nitrogens is 7. The number of rotatable bonds is 5. The first-order valence-corrected chi connectivity index (χ1v) is 8.89. The molecule has 0 radical (unpaired) electrons. The first-order chi connectivity index (χ1) is 14.6. The summed E-state index contributed by atoms with van der Waals surface area (Å²) in [5, 5.41) is 10.2. The molecule has 10 nitrogen and oxygen atoms in total. The summed E-state index contributed by atoms with van der Waals surface area (Å²) in [5.41, 5.74) is 8.46. The molecule has 30 heavy (non-hydrogen) atoms. The lowest BCUT2D eigenvalue weighted by Gasteiger charge is -2.11. The molecule has 4 heterocycles. The van der Waals surface area contributed by atoms with Crippen molar-refractivity contribution in [3.8, 4) is 5.69 Å². The predicted molar refractivity (Wildman–Crippen MR) is 110 cm³/mol. The summed E-state index contributed by atoms with van der Waals surface area (Å²) in [7, 11) is 0. The van der Waals surface area contributed by atoms with Crippen molar-refractivity contribution in [1.82, 2.24) is 34.1 Å². The Morgan fingerprint density at radius 3 is 2.77 bits per heavy atom. The highest BCUT2D eigenvalue weighted by Crippen LogP contribution is 2.23. The first kappa shape index (κ1) is 17.6. The Morgan fingerprint density at radius 2 is 1.90 bits per heavy atom. The molecular weight excluding hydrogens is 387 g/mol. The van der Waals surface area contributed by atoms with E-state index in [0.29, 0.717) is 17.2 Å². The van der Waals surface area contributed by atoms with E-state index in [0.717, 1.165) is 11.3 Å². The maximum atomic E-state index is 14.1. The van der Waals surface area contributed by atoms with Gasteiger partial charge in [0.15, 0.2) is 0 Å². The highest BCUT2D eigenvalue weighted by atomic mass is 19.1. The molecule has 5 aromatic rings. The van der Waals surface area contributed by atoms with E-state index in [2.05, 4.69) is 35.7 Å². The van der Waals surface area contributed by atoms with Crippen LogP contribution in [0.1, 0.15) is 0 Å². The minimum atomic E-state index is -0.444. The molecule has 1 aromatic carbocycles. The van der Waals surface area contributed by atoms with Gasteiger partial charge in [-0.15, -0.1) is 0 Å². The molecular formula is C19H15FN10. The van der Waals surface area contributed by atoms with Crippen molar-refractivity contribution in [2.75, 3.05) is 16.4 Å². The Labute approximate surface area is 169 Å². The van der Waals surface area contributed by atoms with Crippen molar-refractivity contribution < 1.29 is 4.39 Å².